The lowest BCUT2D eigenvalue weighted by molar-refractivity contribution is 0.0213. The third kappa shape index (κ3) is 2.95. The van der Waals surface area contributed by atoms with Crippen LogP contribution in [0, 0.1) is 0 Å². The molecular weight excluding hydrogens is 328 g/mol. The smallest absolute Gasteiger partial charge is 0.420 e. The van der Waals surface area contributed by atoms with Crippen LogP contribution in [0.25, 0.3) is 10.9 Å². The first-order valence-corrected chi connectivity index (χ1v) is 6.70. The molecule has 0 aliphatic rings. The highest BCUT2D eigenvalue weighted by atomic mass is 79.9. The number of hydrogen-bond acceptors (Lipinski definition) is 5. The molecule has 2 N–H and O–H groups in total. The summed E-state index contributed by atoms with van der Waals surface area (Å²) < 4.78 is 7.20. The molecule has 1 aromatic carbocycles. The molecule has 0 fully saturated rings. The molecule has 20 heavy (non-hydrogen) atoms. The van der Waals surface area contributed by atoms with E-state index >= 15 is 0 Å². The van der Waals surface area contributed by atoms with E-state index in [1.807, 2.05) is 0 Å². The zero-order valence-corrected chi connectivity index (χ0v) is 12.9. The number of fused-ring (bicyclic) bond motifs is 1. The summed E-state index contributed by atoms with van der Waals surface area (Å²) in [4.78, 5) is 12.2. The van der Waals surface area contributed by atoms with Crippen LogP contribution in [0.2, 0.25) is 0 Å². The van der Waals surface area contributed by atoms with Gasteiger partial charge in [-0.2, -0.15) is 0 Å². The number of halogens is 1. The Morgan fingerprint density at radius 3 is 2.50 bits per heavy atom. The first-order valence-electron chi connectivity index (χ1n) is 5.91. The van der Waals surface area contributed by atoms with Crippen LogP contribution in [-0.4, -0.2) is 26.7 Å². The molecule has 1 heterocycles. The number of carbonyl (C=O) groups excluding carboxylic acids is 1. The maximum Gasteiger partial charge on any atom is 0.420 e. The highest BCUT2D eigenvalue weighted by Gasteiger charge is 2.24. The van der Waals surface area contributed by atoms with Gasteiger partial charge in [-0.1, -0.05) is 15.9 Å². The molecule has 7 heteroatoms. The zero-order valence-electron chi connectivity index (χ0n) is 11.3. The van der Waals surface area contributed by atoms with Crippen molar-refractivity contribution in [2.24, 2.45) is 0 Å². The van der Waals surface area contributed by atoms with Gasteiger partial charge in [-0.3, -0.25) is 10.4 Å². The van der Waals surface area contributed by atoms with Gasteiger partial charge in [-0.25, -0.2) is 9.36 Å². The summed E-state index contributed by atoms with van der Waals surface area (Å²) in [6.07, 6.45) is -0.682. The van der Waals surface area contributed by atoms with Gasteiger partial charge in [0.05, 0.1) is 5.52 Å². The maximum absolute atomic E-state index is 12.2. The third-order valence-electron chi connectivity index (χ3n) is 2.53. The van der Waals surface area contributed by atoms with Crippen molar-refractivity contribution in [2.75, 3.05) is 5.23 Å². The van der Waals surface area contributed by atoms with Gasteiger partial charge in [0, 0.05) is 9.86 Å². The Morgan fingerprint density at radius 1 is 1.30 bits per heavy atom. The molecule has 0 amide bonds. The lowest BCUT2D eigenvalue weighted by Crippen LogP contribution is -2.29. The SMILES string of the molecule is CC(C)(C)OC(=O)n1c(N(O)O)cc2cc(Br)ccc21. The van der Waals surface area contributed by atoms with Crippen LogP contribution in [0.1, 0.15) is 20.8 Å². The average Bonchev–Trinajstić information content (AvgIpc) is 2.64. The molecule has 2 aromatic rings. The van der Waals surface area contributed by atoms with Crippen molar-refractivity contribution >= 4 is 38.7 Å². The Morgan fingerprint density at radius 2 is 1.95 bits per heavy atom. The van der Waals surface area contributed by atoms with E-state index in [0.29, 0.717) is 10.9 Å². The second-order valence-corrected chi connectivity index (χ2v) is 6.23. The fraction of sp³-hybridized carbons (Fsp3) is 0.308. The summed E-state index contributed by atoms with van der Waals surface area (Å²) in [6.45, 7) is 5.22. The Kier molecular flexibility index (Phi) is 3.77. The molecule has 0 aliphatic carbocycles. The molecule has 0 saturated carbocycles. The first-order chi connectivity index (χ1) is 9.19. The van der Waals surface area contributed by atoms with Gasteiger partial charge >= 0.3 is 6.09 Å². The predicted molar refractivity (Wildman–Crippen MR) is 77.3 cm³/mol. The van der Waals surface area contributed by atoms with Crippen LogP contribution >= 0.6 is 15.9 Å². The molecule has 0 aliphatic heterocycles. The molecule has 0 saturated heterocycles. The number of rotatable bonds is 1. The number of anilines is 1. The van der Waals surface area contributed by atoms with Crippen LogP contribution in [0.3, 0.4) is 0 Å². The number of hydrogen-bond donors (Lipinski definition) is 2. The van der Waals surface area contributed by atoms with Crippen molar-refractivity contribution in [1.29, 1.82) is 0 Å². The summed E-state index contributed by atoms with van der Waals surface area (Å²) >= 11 is 3.33. The zero-order chi connectivity index (χ0) is 15.1. The van der Waals surface area contributed by atoms with Crippen molar-refractivity contribution in [2.45, 2.75) is 26.4 Å². The van der Waals surface area contributed by atoms with Gasteiger partial charge in [0.15, 0.2) is 5.82 Å². The molecule has 108 valence electrons. The van der Waals surface area contributed by atoms with Crippen molar-refractivity contribution in [3.8, 4) is 0 Å². The molecule has 0 radical (unpaired) electrons. The monoisotopic (exact) mass is 342 g/mol. The van der Waals surface area contributed by atoms with Gasteiger partial charge < -0.3 is 4.74 Å². The number of ether oxygens (including phenoxy) is 1. The first kappa shape index (κ1) is 14.8. The van der Waals surface area contributed by atoms with Crippen LogP contribution in [0.5, 0.6) is 0 Å². The van der Waals surface area contributed by atoms with Gasteiger partial charge in [0.25, 0.3) is 0 Å². The van der Waals surface area contributed by atoms with Crippen molar-refractivity contribution in [3.05, 3.63) is 28.7 Å². The fourth-order valence-electron chi connectivity index (χ4n) is 1.82. The normalized spacial score (nSPS) is 11.7. The van der Waals surface area contributed by atoms with Gasteiger partial charge in [-0.05, 0) is 45.0 Å². The third-order valence-corrected chi connectivity index (χ3v) is 3.02. The van der Waals surface area contributed by atoms with E-state index in [0.717, 1.165) is 9.04 Å². The van der Waals surface area contributed by atoms with Crippen LogP contribution in [0.4, 0.5) is 10.6 Å². The topological polar surface area (TPSA) is 74.9 Å². The van der Waals surface area contributed by atoms with E-state index in [-0.39, 0.29) is 11.0 Å². The highest BCUT2D eigenvalue weighted by molar-refractivity contribution is 9.10. The lowest BCUT2D eigenvalue weighted by atomic mass is 10.2. The molecular formula is C13H15BrN2O4. The van der Waals surface area contributed by atoms with E-state index < -0.39 is 11.7 Å². The quantitative estimate of drug-likeness (QED) is 0.771. The van der Waals surface area contributed by atoms with Crippen molar-refractivity contribution in [3.63, 3.8) is 0 Å². The van der Waals surface area contributed by atoms with Crippen molar-refractivity contribution in [1.82, 2.24) is 4.57 Å². The predicted octanol–water partition coefficient (Wildman–Crippen LogP) is 3.77. The summed E-state index contributed by atoms with van der Waals surface area (Å²) in [5.41, 5.74) is -0.165. The summed E-state index contributed by atoms with van der Waals surface area (Å²) in [7, 11) is 0. The van der Waals surface area contributed by atoms with Crippen LogP contribution in [0.15, 0.2) is 28.7 Å². The lowest BCUT2D eigenvalue weighted by Gasteiger charge is -2.21. The van der Waals surface area contributed by atoms with Crippen LogP contribution < -0.4 is 5.23 Å². The number of aromatic nitrogens is 1. The Labute approximate surface area is 124 Å². The summed E-state index contributed by atoms with van der Waals surface area (Å²) in [5, 5.41) is 19.1. The van der Waals surface area contributed by atoms with Gasteiger partial charge in [0.2, 0.25) is 0 Å². The summed E-state index contributed by atoms with van der Waals surface area (Å²) in [6, 6.07) is 6.69. The van der Waals surface area contributed by atoms with E-state index in [1.54, 1.807) is 39.0 Å². The van der Waals surface area contributed by atoms with Gasteiger partial charge in [0.1, 0.15) is 5.60 Å². The fourth-order valence-corrected chi connectivity index (χ4v) is 2.20. The molecule has 0 atom stereocenters. The summed E-state index contributed by atoms with van der Waals surface area (Å²) in [5.74, 6) is -0.0904. The van der Waals surface area contributed by atoms with E-state index in [1.165, 1.54) is 6.07 Å². The highest BCUT2D eigenvalue weighted by Crippen LogP contribution is 2.28. The molecule has 0 bridgehead atoms. The molecule has 0 unspecified atom stereocenters. The second kappa shape index (κ2) is 5.08. The minimum Gasteiger partial charge on any atom is -0.443 e. The largest absolute Gasteiger partial charge is 0.443 e. The Bertz CT molecular complexity index is 658. The Balaban J connectivity index is 2.60. The standard InChI is InChI=1S/C13H15BrN2O4/c1-13(2,3)20-12(17)15-10-5-4-9(14)6-8(10)7-11(15)16(18)19/h4-7,18-19H,1-3H3. The van der Waals surface area contributed by atoms with E-state index in [9.17, 15) is 15.2 Å². The minimum absolute atomic E-state index is 0.0904. The molecule has 0 spiro atoms. The Hall–Kier alpha value is -1.57. The van der Waals surface area contributed by atoms with Crippen molar-refractivity contribution < 1.29 is 19.9 Å². The maximum atomic E-state index is 12.2. The number of carbonyl (C=O) groups is 1. The molecule has 2 rings (SSSR count). The molecule has 6 nitrogen and oxygen atoms in total. The van der Waals surface area contributed by atoms with Gasteiger partial charge in [-0.15, -0.1) is 5.23 Å². The number of nitrogens with zero attached hydrogens (tertiary/aromatic N) is 2. The number of benzene rings is 1. The minimum atomic E-state index is -0.684. The van der Waals surface area contributed by atoms with E-state index in [2.05, 4.69) is 15.9 Å². The second-order valence-electron chi connectivity index (χ2n) is 5.31. The molecule has 1 aromatic heterocycles. The van der Waals surface area contributed by atoms with E-state index in [4.69, 9.17) is 4.74 Å². The average molecular weight is 343 g/mol. The van der Waals surface area contributed by atoms with Crippen LogP contribution in [-0.2, 0) is 4.74 Å².